The van der Waals surface area contributed by atoms with Gasteiger partial charge in [0.25, 0.3) is 0 Å². The first-order valence-electron chi connectivity index (χ1n) is 4.46. The first-order chi connectivity index (χ1) is 6.36. The van der Waals surface area contributed by atoms with Crippen LogP contribution in [0.1, 0.15) is 6.92 Å². The molecule has 0 bridgehead atoms. The van der Waals surface area contributed by atoms with Crippen molar-refractivity contribution in [3.05, 3.63) is 34.8 Å². The van der Waals surface area contributed by atoms with Crippen LogP contribution in [-0.2, 0) is 0 Å². The minimum absolute atomic E-state index is 0.330. The summed E-state index contributed by atoms with van der Waals surface area (Å²) in [4.78, 5) is 4.38. The SMILES string of the molecule is CC1C#CC/N=c2/cccc/c2=C/1. The third-order valence-electron chi connectivity index (χ3n) is 2.02. The molecule has 1 heterocycles. The van der Waals surface area contributed by atoms with Gasteiger partial charge in [-0.15, -0.1) is 0 Å². The third kappa shape index (κ3) is 1.78. The molecule has 0 saturated carbocycles. The van der Waals surface area contributed by atoms with Crippen LogP contribution >= 0.6 is 0 Å². The van der Waals surface area contributed by atoms with Crippen molar-refractivity contribution in [1.29, 1.82) is 0 Å². The number of hydrogen-bond donors (Lipinski definition) is 0. The second kappa shape index (κ2) is 3.45. The van der Waals surface area contributed by atoms with Gasteiger partial charge in [0.15, 0.2) is 0 Å². The Labute approximate surface area is 77.8 Å². The second-order valence-electron chi connectivity index (χ2n) is 3.15. The van der Waals surface area contributed by atoms with Crippen molar-refractivity contribution in [2.75, 3.05) is 6.54 Å². The van der Waals surface area contributed by atoms with Crippen molar-refractivity contribution < 1.29 is 0 Å². The average Bonchev–Trinajstić information content (AvgIpc) is 2.11. The van der Waals surface area contributed by atoms with Gasteiger partial charge in [0.1, 0.15) is 6.54 Å². The van der Waals surface area contributed by atoms with Crippen LogP contribution in [-0.4, -0.2) is 6.54 Å². The minimum atomic E-state index is 0.330. The molecule has 0 N–H and O–H groups in total. The number of benzene rings is 1. The van der Waals surface area contributed by atoms with Crippen molar-refractivity contribution in [2.45, 2.75) is 6.92 Å². The van der Waals surface area contributed by atoms with Gasteiger partial charge >= 0.3 is 0 Å². The maximum Gasteiger partial charge on any atom is 0.100 e. The van der Waals surface area contributed by atoms with Gasteiger partial charge in [-0.25, -0.2) is 0 Å². The summed E-state index contributed by atoms with van der Waals surface area (Å²) in [6, 6.07) is 8.16. The lowest BCUT2D eigenvalue weighted by Crippen LogP contribution is -2.26. The molecule has 13 heavy (non-hydrogen) atoms. The monoisotopic (exact) mass is 169 g/mol. The minimum Gasteiger partial charge on any atom is -0.272 e. The zero-order chi connectivity index (χ0) is 9.10. The Morgan fingerprint density at radius 1 is 1.38 bits per heavy atom. The van der Waals surface area contributed by atoms with Crippen LogP contribution < -0.4 is 10.6 Å². The molecular formula is C12H11N. The fraction of sp³-hybridized carbons (Fsp3) is 0.250. The molecule has 0 fully saturated rings. The second-order valence-corrected chi connectivity index (χ2v) is 3.15. The number of fused-ring (bicyclic) bond motifs is 1. The van der Waals surface area contributed by atoms with E-state index in [0.29, 0.717) is 12.5 Å². The zero-order valence-corrected chi connectivity index (χ0v) is 7.62. The Kier molecular flexibility index (Phi) is 2.14. The quantitative estimate of drug-likeness (QED) is 0.508. The fourth-order valence-corrected chi connectivity index (χ4v) is 1.41. The first-order valence-corrected chi connectivity index (χ1v) is 4.46. The predicted octanol–water partition coefficient (Wildman–Crippen LogP) is 0.740. The number of rotatable bonds is 0. The summed E-state index contributed by atoms with van der Waals surface area (Å²) in [6.07, 6.45) is 2.16. The normalized spacial score (nSPS) is 24.5. The molecule has 0 amide bonds. The van der Waals surface area contributed by atoms with E-state index in [4.69, 9.17) is 0 Å². The lowest BCUT2D eigenvalue weighted by molar-refractivity contribution is 1.02. The highest BCUT2D eigenvalue weighted by Crippen LogP contribution is 1.93. The molecule has 1 nitrogen and oxygen atoms in total. The molecule has 1 aromatic rings. The third-order valence-corrected chi connectivity index (χ3v) is 2.02. The number of nitrogens with zero attached hydrogens (tertiary/aromatic N) is 1. The van der Waals surface area contributed by atoms with Crippen molar-refractivity contribution in [1.82, 2.24) is 0 Å². The summed E-state index contributed by atoms with van der Waals surface area (Å²) in [5, 5.41) is 2.26. The highest BCUT2D eigenvalue weighted by atomic mass is 14.7. The summed E-state index contributed by atoms with van der Waals surface area (Å²) in [5.41, 5.74) is 0. The zero-order valence-electron chi connectivity index (χ0n) is 7.62. The van der Waals surface area contributed by atoms with Crippen molar-refractivity contribution in [2.24, 2.45) is 10.9 Å². The van der Waals surface area contributed by atoms with E-state index in [9.17, 15) is 0 Å². The van der Waals surface area contributed by atoms with E-state index in [1.807, 2.05) is 18.2 Å². The van der Waals surface area contributed by atoms with Gasteiger partial charge in [0.05, 0.1) is 5.36 Å². The van der Waals surface area contributed by atoms with E-state index in [-0.39, 0.29) is 0 Å². The van der Waals surface area contributed by atoms with Crippen LogP contribution in [0.3, 0.4) is 0 Å². The molecule has 0 aromatic heterocycles. The van der Waals surface area contributed by atoms with E-state index in [0.717, 1.165) is 5.36 Å². The van der Waals surface area contributed by atoms with Crippen LogP contribution in [0, 0.1) is 17.8 Å². The molecule has 1 unspecified atom stereocenters. The molecule has 1 aliphatic heterocycles. The van der Waals surface area contributed by atoms with E-state index >= 15 is 0 Å². The van der Waals surface area contributed by atoms with Crippen LogP contribution in [0.15, 0.2) is 29.3 Å². The standard InChI is InChI=1S/C12H11N/c1-10-5-4-8-13-12-7-3-2-6-11(12)9-10/h2-3,6-7,9-10H,8H2,1H3/b11-9-,13-12-. The Hall–Kier alpha value is -1.55. The molecule has 1 aromatic carbocycles. The lowest BCUT2D eigenvalue weighted by Gasteiger charge is -1.97. The Bertz CT molecular complexity index is 474. The molecular weight excluding hydrogens is 158 g/mol. The topological polar surface area (TPSA) is 12.4 Å². The summed E-state index contributed by atoms with van der Waals surface area (Å²) in [5.74, 6) is 6.49. The van der Waals surface area contributed by atoms with Crippen molar-refractivity contribution in [3.8, 4) is 11.8 Å². The summed E-state index contributed by atoms with van der Waals surface area (Å²) < 4.78 is 0. The lowest BCUT2D eigenvalue weighted by atomic mass is 10.1. The number of hydrogen-bond acceptors (Lipinski definition) is 1. The van der Waals surface area contributed by atoms with E-state index in [1.54, 1.807) is 0 Å². The summed E-state index contributed by atoms with van der Waals surface area (Å²) in [7, 11) is 0. The van der Waals surface area contributed by atoms with Gasteiger partial charge in [-0.1, -0.05) is 36.1 Å². The maximum atomic E-state index is 4.38. The van der Waals surface area contributed by atoms with E-state index < -0.39 is 0 Å². The molecule has 1 atom stereocenters. The van der Waals surface area contributed by atoms with Crippen LogP contribution in [0.25, 0.3) is 6.08 Å². The Balaban J connectivity index is 2.70. The summed E-state index contributed by atoms with van der Waals surface area (Å²) in [6.45, 7) is 2.73. The largest absolute Gasteiger partial charge is 0.272 e. The fourth-order valence-electron chi connectivity index (χ4n) is 1.41. The van der Waals surface area contributed by atoms with E-state index in [2.05, 4.69) is 35.9 Å². The van der Waals surface area contributed by atoms with Crippen molar-refractivity contribution >= 4 is 6.08 Å². The molecule has 64 valence electrons. The van der Waals surface area contributed by atoms with Gasteiger partial charge in [-0.3, -0.25) is 4.99 Å². The van der Waals surface area contributed by atoms with Gasteiger partial charge in [0, 0.05) is 5.92 Å². The highest BCUT2D eigenvalue weighted by molar-refractivity contribution is 5.33. The molecule has 0 aliphatic carbocycles. The van der Waals surface area contributed by atoms with Gasteiger partial charge in [-0.05, 0) is 18.2 Å². The van der Waals surface area contributed by atoms with E-state index in [1.165, 1.54) is 5.22 Å². The van der Waals surface area contributed by atoms with Crippen LogP contribution in [0.2, 0.25) is 0 Å². The first kappa shape index (κ1) is 8.07. The van der Waals surface area contributed by atoms with Gasteiger partial charge in [0.2, 0.25) is 0 Å². The van der Waals surface area contributed by atoms with Crippen molar-refractivity contribution in [3.63, 3.8) is 0 Å². The average molecular weight is 169 g/mol. The number of para-hydroxylation sites is 1. The Morgan fingerprint density at radius 2 is 2.23 bits per heavy atom. The highest BCUT2D eigenvalue weighted by Gasteiger charge is 1.93. The smallest absolute Gasteiger partial charge is 0.100 e. The molecule has 0 radical (unpaired) electrons. The molecule has 2 rings (SSSR count). The molecule has 0 saturated heterocycles. The van der Waals surface area contributed by atoms with Crippen LogP contribution in [0.5, 0.6) is 0 Å². The Morgan fingerprint density at radius 3 is 3.15 bits per heavy atom. The molecule has 1 heteroatoms. The molecule has 1 aliphatic rings. The maximum absolute atomic E-state index is 4.38. The van der Waals surface area contributed by atoms with Gasteiger partial charge < -0.3 is 0 Å². The van der Waals surface area contributed by atoms with Gasteiger partial charge in [-0.2, -0.15) is 0 Å². The summed E-state index contributed by atoms with van der Waals surface area (Å²) >= 11 is 0. The predicted molar refractivity (Wildman–Crippen MR) is 53.5 cm³/mol. The molecule has 0 spiro atoms. The van der Waals surface area contributed by atoms with Crippen LogP contribution in [0.4, 0.5) is 0 Å².